The van der Waals surface area contributed by atoms with Crippen LogP contribution in [0.1, 0.15) is 30.8 Å². The molecule has 1 aromatic carbocycles. The Morgan fingerprint density at radius 2 is 2.10 bits per heavy atom. The second kappa shape index (κ2) is 6.39. The average molecular weight is 340 g/mol. The second-order valence-electron chi connectivity index (χ2n) is 4.64. The van der Waals surface area contributed by atoms with Crippen LogP contribution in [0.5, 0.6) is 0 Å². The van der Waals surface area contributed by atoms with Crippen LogP contribution < -0.4 is 5.32 Å². The van der Waals surface area contributed by atoms with Gasteiger partial charge in [0.1, 0.15) is 5.82 Å². The van der Waals surface area contributed by atoms with Crippen LogP contribution in [0.3, 0.4) is 0 Å². The van der Waals surface area contributed by atoms with Crippen molar-refractivity contribution in [1.82, 2.24) is 9.78 Å². The molecule has 1 aromatic heterocycles. The van der Waals surface area contributed by atoms with E-state index >= 15 is 0 Å². The number of benzene rings is 1. The van der Waals surface area contributed by atoms with Gasteiger partial charge in [-0.2, -0.15) is 5.10 Å². The van der Waals surface area contributed by atoms with Crippen molar-refractivity contribution in [3.8, 4) is 0 Å². The molecule has 0 aliphatic rings. The Morgan fingerprint density at radius 3 is 2.75 bits per heavy atom. The van der Waals surface area contributed by atoms with Gasteiger partial charge in [-0.15, -0.1) is 0 Å². The molecule has 0 unspecified atom stereocenters. The number of halogens is 2. The summed E-state index contributed by atoms with van der Waals surface area (Å²) in [7, 11) is 0. The number of rotatable bonds is 5. The van der Waals surface area contributed by atoms with E-state index in [-0.39, 0.29) is 5.82 Å². The van der Waals surface area contributed by atoms with Crippen LogP contribution in [0.15, 0.2) is 22.7 Å². The normalized spacial score (nSPS) is 10.8. The molecule has 1 N–H and O–H groups in total. The van der Waals surface area contributed by atoms with E-state index in [9.17, 15) is 4.39 Å². The van der Waals surface area contributed by atoms with Gasteiger partial charge in [-0.05, 0) is 48.3 Å². The molecule has 0 spiro atoms. The SMILES string of the molecule is CCc1nn(CC)c(CNc2cccc(F)c2C)c1Br. The Kier molecular flexibility index (Phi) is 4.81. The minimum atomic E-state index is -0.188. The monoisotopic (exact) mass is 339 g/mol. The van der Waals surface area contributed by atoms with E-state index in [1.807, 2.05) is 10.7 Å². The van der Waals surface area contributed by atoms with Gasteiger partial charge in [0.05, 0.1) is 22.4 Å². The van der Waals surface area contributed by atoms with Crippen molar-refractivity contribution in [3.63, 3.8) is 0 Å². The molecule has 0 atom stereocenters. The maximum Gasteiger partial charge on any atom is 0.128 e. The van der Waals surface area contributed by atoms with Gasteiger partial charge in [0.15, 0.2) is 0 Å². The van der Waals surface area contributed by atoms with Gasteiger partial charge in [0, 0.05) is 17.8 Å². The highest BCUT2D eigenvalue weighted by atomic mass is 79.9. The number of nitrogens with one attached hydrogen (secondary N) is 1. The summed E-state index contributed by atoms with van der Waals surface area (Å²) in [6.45, 7) is 7.36. The number of hydrogen-bond donors (Lipinski definition) is 1. The fraction of sp³-hybridized carbons (Fsp3) is 0.400. The summed E-state index contributed by atoms with van der Waals surface area (Å²) in [6, 6.07) is 5.08. The molecule has 1 heterocycles. The van der Waals surface area contributed by atoms with E-state index in [4.69, 9.17) is 0 Å². The number of aryl methyl sites for hydroxylation is 2. The Balaban J connectivity index is 2.22. The van der Waals surface area contributed by atoms with Crippen molar-refractivity contribution in [2.24, 2.45) is 0 Å². The molecule has 2 rings (SSSR count). The van der Waals surface area contributed by atoms with Crippen molar-refractivity contribution in [2.75, 3.05) is 5.32 Å². The smallest absolute Gasteiger partial charge is 0.128 e. The molecular weight excluding hydrogens is 321 g/mol. The Hall–Kier alpha value is -1.36. The Bertz CT molecular complexity index is 607. The summed E-state index contributed by atoms with van der Waals surface area (Å²) in [5.41, 5.74) is 3.60. The fourth-order valence-electron chi connectivity index (χ4n) is 2.16. The van der Waals surface area contributed by atoms with Crippen molar-refractivity contribution in [2.45, 2.75) is 40.3 Å². The van der Waals surface area contributed by atoms with Crippen LogP contribution >= 0.6 is 15.9 Å². The number of aromatic nitrogens is 2. The summed E-state index contributed by atoms with van der Waals surface area (Å²) in [6.07, 6.45) is 0.888. The summed E-state index contributed by atoms with van der Waals surface area (Å²) >= 11 is 3.61. The predicted octanol–water partition coefficient (Wildman–Crippen LogP) is 4.29. The molecule has 5 heteroatoms. The topological polar surface area (TPSA) is 29.9 Å². The Labute approximate surface area is 127 Å². The number of anilines is 1. The molecule has 0 aliphatic heterocycles. The van der Waals surface area contributed by atoms with E-state index in [2.05, 4.69) is 40.2 Å². The van der Waals surface area contributed by atoms with Gasteiger partial charge in [-0.25, -0.2) is 4.39 Å². The maximum atomic E-state index is 13.5. The van der Waals surface area contributed by atoms with E-state index < -0.39 is 0 Å². The van der Waals surface area contributed by atoms with Gasteiger partial charge in [-0.3, -0.25) is 4.68 Å². The molecule has 2 aromatic rings. The van der Waals surface area contributed by atoms with Crippen molar-refractivity contribution < 1.29 is 4.39 Å². The highest BCUT2D eigenvalue weighted by Gasteiger charge is 2.14. The minimum Gasteiger partial charge on any atom is -0.379 e. The lowest BCUT2D eigenvalue weighted by Gasteiger charge is -2.11. The fourth-order valence-corrected chi connectivity index (χ4v) is 2.87. The zero-order chi connectivity index (χ0) is 14.7. The zero-order valence-electron chi connectivity index (χ0n) is 12.0. The standard InChI is InChI=1S/C15H19BrFN3/c1-4-12-15(16)14(20(5-2)19-12)9-18-13-8-6-7-11(17)10(13)3/h6-8,18H,4-5,9H2,1-3H3. The lowest BCUT2D eigenvalue weighted by Crippen LogP contribution is -2.09. The third-order valence-electron chi connectivity index (χ3n) is 3.41. The Morgan fingerprint density at radius 1 is 1.35 bits per heavy atom. The first-order valence-corrected chi connectivity index (χ1v) is 7.60. The van der Waals surface area contributed by atoms with Crippen LogP contribution in [0.25, 0.3) is 0 Å². The highest BCUT2D eigenvalue weighted by molar-refractivity contribution is 9.10. The predicted molar refractivity (Wildman–Crippen MR) is 83.4 cm³/mol. The molecule has 0 bridgehead atoms. The quantitative estimate of drug-likeness (QED) is 0.880. The van der Waals surface area contributed by atoms with E-state index in [0.29, 0.717) is 12.1 Å². The van der Waals surface area contributed by atoms with Crippen LogP contribution in [-0.2, 0) is 19.5 Å². The van der Waals surface area contributed by atoms with Gasteiger partial charge in [-0.1, -0.05) is 13.0 Å². The van der Waals surface area contributed by atoms with Crippen LogP contribution in [0, 0.1) is 12.7 Å². The maximum absolute atomic E-state index is 13.5. The molecular formula is C15H19BrFN3. The lowest BCUT2D eigenvalue weighted by atomic mass is 10.2. The number of nitrogens with zero attached hydrogens (tertiary/aromatic N) is 2. The van der Waals surface area contributed by atoms with E-state index in [1.165, 1.54) is 6.07 Å². The van der Waals surface area contributed by atoms with Gasteiger partial charge < -0.3 is 5.32 Å². The molecule has 0 amide bonds. The molecule has 0 saturated carbocycles. The molecule has 0 fully saturated rings. The summed E-state index contributed by atoms with van der Waals surface area (Å²) in [5.74, 6) is -0.188. The van der Waals surface area contributed by atoms with Gasteiger partial charge in [0.25, 0.3) is 0 Å². The summed E-state index contributed by atoms with van der Waals surface area (Å²) < 4.78 is 16.5. The van der Waals surface area contributed by atoms with Crippen LogP contribution in [0.4, 0.5) is 10.1 Å². The van der Waals surface area contributed by atoms with Crippen LogP contribution in [-0.4, -0.2) is 9.78 Å². The highest BCUT2D eigenvalue weighted by Crippen LogP contribution is 2.24. The largest absolute Gasteiger partial charge is 0.379 e. The molecule has 108 valence electrons. The van der Waals surface area contributed by atoms with Crippen molar-refractivity contribution in [1.29, 1.82) is 0 Å². The van der Waals surface area contributed by atoms with Crippen molar-refractivity contribution in [3.05, 3.63) is 45.4 Å². The summed E-state index contributed by atoms with van der Waals surface area (Å²) in [4.78, 5) is 0. The van der Waals surface area contributed by atoms with Gasteiger partial charge in [0.2, 0.25) is 0 Å². The van der Waals surface area contributed by atoms with E-state index in [0.717, 1.165) is 34.5 Å². The second-order valence-corrected chi connectivity index (χ2v) is 5.44. The summed E-state index contributed by atoms with van der Waals surface area (Å²) in [5, 5.41) is 7.85. The van der Waals surface area contributed by atoms with Gasteiger partial charge >= 0.3 is 0 Å². The molecule has 0 aliphatic carbocycles. The molecule has 3 nitrogen and oxygen atoms in total. The van der Waals surface area contributed by atoms with Crippen LogP contribution in [0.2, 0.25) is 0 Å². The third-order valence-corrected chi connectivity index (χ3v) is 4.32. The molecule has 0 radical (unpaired) electrons. The first-order valence-electron chi connectivity index (χ1n) is 6.81. The molecule has 0 saturated heterocycles. The van der Waals surface area contributed by atoms with Crippen molar-refractivity contribution >= 4 is 21.6 Å². The van der Waals surface area contributed by atoms with E-state index in [1.54, 1.807) is 13.0 Å². The lowest BCUT2D eigenvalue weighted by molar-refractivity contribution is 0.615. The average Bonchev–Trinajstić information content (AvgIpc) is 2.76. The third kappa shape index (κ3) is 2.87. The molecule has 20 heavy (non-hydrogen) atoms. The first-order chi connectivity index (χ1) is 9.58. The minimum absolute atomic E-state index is 0.188. The first kappa shape index (κ1) is 15.0. The number of hydrogen-bond acceptors (Lipinski definition) is 2. The zero-order valence-corrected chi connectivity index (χ0v) is 13.6.